The van der Waals surface area contributed by atoms with Crippen LogP contribution in [0.5, 0.6) is 0 Å². The lowest BCUT2D eigenvalue weighted by atomic mass is 10.2. The van der Waals surface area contributed by atoms with E-state index in [-0.39, 0.29) is 0 Å². The topological polar surface area (TPSA) is 18.8 Å². The lowest BCUT2D eigenvalue weighted by molar-refractivity contribution is 0.106. The van der Waals surface area contributed by atoms with Gasteiger partial charge in [0.2, 0.25) is 0 Å². The molecule has 0 saturated heterocycles. The van der Waals surface area contributed by atoms with Crippen LogP contribution < -0.4 is 0 Å². The summed E-state index contributed by atoms with van der Waals surface area (Å²) in [5, 5.41) is 2.40. The highest BCUT2D eigenvalue weighted by Gasteiger charge is 2.38. The largest absolute Gasteiger partial charge is 0.253 e. The molecule has 1 heterocycles. The van der Waals surface area contributed by atoms with Crippen molar-refractivity contribution in [2.75, 3.05) is 0 Å². The van der Waals surface area contributed by atoms with Crippen LogP contribution in [0.15, 0.2) is 35.3 Å². The maximum Gasteiger partial charge on any atom is 0.119 e. The molecule has 3 rings (SSSR count). The zero-order valence-electron chi connectivity index (χ0n) is 9.99. The van der Waals surface area contributed by atoms with Gasteiger partial charge >= 0.3 is 0 Å². The molecule has 1 fully saturated rings. The van der Waals surface area contributed by atoms with Gasteiger partial charge in [-0.3, -0.25) is 4.99 Å². The molecule has 1 unspecified atom stereocenters. The zero-order valence-corrected chi connectivity index (χ0v) is 10.8. The Morgan fingerprint density at radius 2 is 2.06 bits per heavy atom. The number of nitrogens with zero attached hydrogens (tertiary/aromatic N) is 3. The van der Waals surface area contributed by atoms with Crippen LogP contribution in [0, 0.1) is 0 Å². The molecule has 1 aliphatic heterocycles. The second-order valence-corrected chi connectivity index (χ2v) is 5.49. The fraction of sp³-hybridized carbons (Fsp3) is 0.462. The van der Waals surface area contributed by atoms with Gasteiger partial charge in [0, 0.05) is 11.8 Å². The van der Waals surface area contributed by atoms with Gasteiger partial charge in [-0.25, -0.2) is 4.41 Å². The Kier molecular flexibility index (Phi) is 3.07. The van der Waals surface area contributed by atoms with Gasteiger partial charge in [-0.15, -0.1) is 0 Å². The second-order valence-electron chi connectivity index (χ2n) is 4.57. The van der Waals surface area contributed by atoms with Gasteiger partial charge < -0.3 is 0 Å². The molecular formula is C13H17N3S. The summed E-state index contributed by atoms with van der Waals surface area (Å²) in [6.45, 7) is 2.16. The highest BCUT2D eigenvalue weighted by atomic mass is 32.2. The Morgan fingerprint density at radius 1 is 1.29 bits per heavy atom. The van der Waals surface area contributed by atoms with Crippen LogP contribution in [0.3, 0.4) is 0 Å². The lowest BCUT2D eigenvalue weighted by Gasteiger charge is -2.29. The van der Waals surface area contributed by atoms with Gasteiger partial charge in [0.25, 0.3) is 0 Å². The molecule has 0 radical (unpaired) electrons. The molecular weight excluding hydrogens is 230 g/mol. The Bertz CT molecular complexity index is 402. The third-order valence-electron chi connectivity index (χ3n) is 3.12. The van der Waals surface area contributed by atoms with Crippen molar-refractivity contribution >= 4 is 18.3 Å². The number of rotatable bonds is 4. The monoisotopic (exact) mass is 247 g/mol. The van der Waals surface area contributed by atoms with Crippen molar-refractivity contribution in [2.24, 2.45) is 4.99 Å². The summed E-state index contributed by atoms with van der Waals surface area (Å²) in [4.78, 5) is 4.48. The molecule has 17 heavy (non-hydrogen) atoms. The van der Waals surface area contributed by atoms with Crippen LogP contribution in [-0.2, 0) is 5.75 Å². The normalized spacial score (nSPS) is 24.5. The minimum Gasteiger partial charge on any atom is -0.253 e. The van der Waals surface area contributed by atoms with Crippen molar-refractivity contribution in [3.63, 3.8) is 0 Å². The third kappa shape index (κ3) is 2.48. The van der Waals surface area contributed by atoms with Gasteiger partial charge in [0.05, 0.1) is 0 Å². The van der Waals surface area contributed by atoms with E-state index in [1.165, 1.54) is 18.4 Å². The first-order valence-electron chi connectivity index (χ1n) is 6.12. The molecule has 0 bridgehead atoms. The van der Waals surface area contributed by atoms with Crippen LogP contribution >= 0.6 is 11.9 Å². The number of hydrogen-bond acceptors (Lipinski definition) is 4. The third-order valence-corrected chi connectivity index (χ3v) is 4.13. The van der Waals surface area contributed by atoms with Gasteiger partial charge in [-0.1, -0.05) is 30.3 Å². The van der Waals surface area contributed by atoms with Crippen LogP contribution in [0.2, 0.25) is 0 Å². The SMILES string of the molecule is CC1N=CN(SCc2ccccc2)N1C1CC1. The molecule has 0 N–H and O–H groups in total. The van der Waals surface area contributed by atoms with Gasteiger partial charge in [-0.2, -0.15) is 5.01 Å². The minimum absolute atomic E-state index is 0.311. The quantitative estimate of drug-likeness (QED) is 0.762. The van der Waals surface area contributed by atoms with Crippen LogP contribution in [-0.4, -0.2) is 28.0 Å². The Morgan fingerprint density at radius 3 is 2.76 bits per heavy atom. The molecule has 1 aromatic carbocycles. The molecule has 1 aromatic rings. The molecule has 90 valence electrons. The van der Waals surface area contributed by atoms with E-state index >= 15 is 0 Å². The molecule has 1 aliphatic carbocycles. The van der Waals surface area contributed by atoms with E-state index in [2.05, 4.69) is 51.7 Å². The molecule has 0 amide bonds. The van der Waals surface area contributed by atoms with Crippen molar-refractivity contribution in [3.05, 3.63) is 35.9 Å². The van der Waals surface area contributed by atoms with Crippen molar-refractivity contribution in [1.82, 2.24) is 9.42 Å². The minimum atomic E-state index is 0.311. The molecule has 2 aliphatic rings. The van der Waals surface area contributed by atoms with Crippen LogP contribution in [0.4, 0.5) is 0 Å². The molecule has 1 saturated carbocycles. The standard InChI is InChI=1S/C13H17N3S/c1-11-14-10-15(16(11)13-7-8-13)17-9-12-5-3-2-4-6-12/h2-6,10-11,13H,7-9H2,1H3. The zero-order chi connectivity index (χ0) is 11.7. The Hall–Kier alpha value is -1.00. The van der Waals surface area contributed by atoms with Gasteiger partial charge in [-0.05, 0) is 37.3 Å². The molecule has 0 aromatic heterocycles. The molecule has 0 spiro atoms. The van der Waals surface area contributed by atoms with E-state index in [1.54, 1.807) is 0 Å². The fourth-order valence-electron chi connectivity index (χ4n) is 2.07. The molecule has 3 nitrogen and oxygen atoms in total. The maximum atomic E-state index is 4.48. The molecule has 4 heteroatoms. The summed E-state index contributed by atoms with van der Waals surface area (Å²) < 4.78 is 2.22. The van der Waals surface area contributed by atoms with Crippen molar-refractivity contribution in [2.45, 2.75) is 37.7 Å². The average molecular weight is 247 g/mol. The van der Waals surface area contributed by atoms with Gasteiger partial charge in [0.15, 0.2) is 0 Å². The van der Waals surface area contributed by atoms with E-state index < -0.39 is 0 Å². The average Bonchev–Trinajstić information content (AvgIpc) is 3.12. The van der Waals surface area contributed by atoms with Crippen molar-refractivity contribution in [3.8, 4) is 0 Å². The first-order valence-corrected chi connectivity index (χ1v) is 7.06. The van der Waals surface area contributed by atoms with E-state index in [0.717, 1.165) is 11.8 Å². The van der Waals surface area contributed by atoms with E-state index in [1.807, 2.05) is 18.3 Å². The van der Waals surface area contributed by atoms with E-state index in [0.29, 0.717) is 6.17 Å². The number of benzene rings is 1. The number of hydrogen-bond donors (Lipinski definition) is 0. The first kappa shape index (κ1) is 11.1. The number of hydrazine groups is 1. The predicted octanol–water partition coefficient (Wildman–Crippen LogP) is 2.90. The molecule has 1 atom stereocenters. The van der Waals surface area contributed by atoms with Gasteiger partial charge in [0.1, 0.15) is 12.5 Å². The predicted molar refractivity (Wildman–Crippen MR) is 72.4 cm³/mol. The fourth-order valence-corrected chi connectivity index (χ4v) is 3.06. The summed E-state index contributed by atoms with van der Waals surface area (Å²) in [6.07, 6.45) is 4.91. The van der Waals surface area contributed by atoms with E-state index in [4.69, 9.17) is 0 Å². The van der Waals surface area contributed by atoms with Crippen LogP contribution in [0.1, 0.15) is 25.3 Å². The maximum absolute atomic E-state index is 4.48. The first-order chi connectivity index (χ1) is 8.34. The van der Waals surface area contributed by atoms with Crippen molar-refractivity contribution in [1.29, 1.82) is 0 Å². The van der Waals surface area contributed by atoms with E-state index in [9.17, 15) is 0 Å². The second kappa shape index (κ2) is 4.70. The smallest absolute Gasteiger partial charge is 0.119 e. The summed E-state index contributed by atoms with van der Waals surface area (Å²) in [5.41, 5.74) is 1.36. The lowest BCUT2D eigenvalue weighted by Crippen LogP contribution is -2.38. The number of aliphatic imine (C=N–C) groups is 1. The summed E-state index contributed by atoms with van der Waals surface area (Å²) in [7, 11) is 0. The van der Waals surface area contributed by atoms with Crippen LogP contribution in [0.25, 0.3) is 0 Å². The summed E-state index contributed by atoms with van der Waals surface area (Å²) in [5.74, 6) is 1.00. The summed E-state index contributed by atoms with van der Waals surface area (Å²) in [6, 6.07) is 11.3. The highest BCUT2D eigenvalue weighted by molar-refractivity contribution is 7.96. The summed E-state index contributed by atoms with van der Waals surface area (Å²) >= 11 is 1.83. The van der Waals surface area contributed by atoms with Crippen molar-refractivity contribution < 1.29 is 0 Å². The highest BCUT2D eigenvalue weighted by Crippen LogP contribution is 2.35. The Labute approximate surface area is 107 Å². The Balaban J connectivity index is 1.59.